The number of anilines is 4. The van der Waals surface area contributed by atoms with E-state index in [9.17, 15) is 13.6 Å². The monoisotopic (exact) mass is 600 g/mol. The number of piperidine rings is 2. The molecule has 1 N–H and O–H groups in total. The maximum Gasteiger partial charge on any atom is 0.282 e. The van der Waals surface area contributed by atoms with Gasteiger partial charge in [-0.2, -0.15) is 0 Å². The highest BCUT2D eigenvalue weighted by Crippen LogP contribution is 2.42. The molecule has 0 bridgehead atoms. The van der Waals surface area contributed by atoms with E-state index in [2.05, 4.69) is 63.0 Å². The van der Waals surface area contributed by atoms with Crippen LogP contribution in [0.4, 0.5) is 31.8 Å². The number of benzene rings is 1. The Labute approximate surface area is 255 Å². The Morgan fingerprint density at radius 1 is 0.955 bits per heavy atom. The van der Waals surface area contributed by atoms with Crippen LogP contribution in [-0.2, 0) is 6.54 Å². The highest BCUT2D eigenvalue weighted by Gasteiger charge is 2.44. The second kappa shape index (κ2) is 11.0. The van der Waals surface area contributed by atoms with E-state index >= 15 is 0 Å². The third-order valence-electron chi connectivity index (χ3n) is 9.60. The Kier molecular flexibility index (Phi) is 7.15. The van der Waals surface area contributed by atoms with Crippen molar-refractivity contribution in [3.63, 3.8) is 0 Å². The van der Waals surface area contributed by atoms with Gasteiger partial charge < -0.3 is 20.0 Å². The average Bonchev–Trinajstić information content (AvgIpc) is 3.29. The smallest absolute Gasteiger partial charge is 0.282 e. The van der Waals surface area contributed by atoms with Crippen LogP contribution in [0.25, 0.3) is 16.7 Å². The van der Waals surface area contributed by atoms with Crippen molar-refractivity contribution in [2.75, 3.05) is 61.4 Å². The van der Waals surface area contributed by atoms with Gasteiger partial charge in [-0.15, -0.1) is 6.58 Å². The lowest BCUT2D eigenvalue weighted by molar-refractivity contribution is -0.0267. The quantitative estimate of drug-likeness (QED) is 0.290. The molecule has 4 aromatic rings. The zero-order valence-electron chi connectivity index (χ0n) is 25.1. The van der Waals surface area contributed by atoms with Crippen LogP contribution in [0.3, 0.4) is 0 Å². The predicted molar refractivity (Wildman–Crippen MR) is 171 cm³/mol. The summed E-state index contributed by atoms with van der Waals surface area (Å²) >= 11 is 0. The van der Waals surface area contributed by atoms with Crippen molar-refractivity contribution in [1.82, 2.24) is 24.2 Å². The maximum absolute atomic E-state index is 13.5. The summed E-state index contributed by atoms with van der Waals surface area (Å²) in [5.74, 6) is -1.24. The number of fused-ring (bicyclic) bond motifs is 1. The highest BCUT2D eigenvalue weighted by atomic mass is 19.3. The van der Waals surface area contributed by atoms with E-state index in [0.717, 1.165) is 18.8 Å². The molecule has 0 amide bonds. The van der Waals surface area contributed by atoms with Crippen LogP contribution in [0.2, 0.25) is 0 Å². The summed E-state index contributed by atoms with van der Waals surface area (Å²) in [6.07, 6.45) is 8.32. The molecule has 7 rings (SSSR count). The first-order chi connectivity index (χ1) is 21.2. The summed E-state index contributed by atoms with van der Waals surface area (Å²) in [5.41, 5.74) is 3.02. The van der Waals surface area contributed by atoms with E-state index in [4.69, 9.17) is 0 Å². The molecule has 6 heterocycles. The first-order valence-electron chi connectivity index (χ1n) is 15.4. The zero-order valence-corrected chi connectivity index (χ0v) is 25.1. The normalized spacial score (nSPS) is 19.7. The molecular formula is C33H38F2N8O. The average molecular weight is 601 g/mol. The van der Waals surface area contributed by atoms with Gasteiger partial charge in [0, 0.05) is 36.7 Å². The van der Waals surface area contributed by atoms with Crippen LogP contribution in [0.5, 0.6) is 0 Å². The molecule has 3 saturated heterocycles. The number of allylic oxidation sites excluding steroid dienone is 1. The number of halogens is 2. The molecule has 0 saturated carbocycles. The van der Waals surface area contributed by atoms with E-state index < -0.39 is 5.92 Å². The molecule has 230 valence electrons. The molecule has 11 heteroatoms. The van der Waals surface area contributed by atoms with E-state index in [0.29, 0.717) is 33.8 Å². The molecule has 0 radical (unpaired) electrons. The van der Waals surface area contributed by atoms with Crippen molar-refractivity contribution in [2.24, 2.45) is 5.41 Å². The van der Waals surface area contributed by atoms with E-state index in [1.165, 1.54) is 54.0 Å². The van der Waals surface area contributed by atoms with Crippen LogP contribution < -0.4 is 20.7 Å². The Morgan fingerprint density at radius 2 is 1.64 bits per heavy atom. The van der Waals surface area contributed by atoms with Crippen molar-refractivity contribution in [2.45, 2.75) is 38.2 Å². The number of hydrogen-bond acceptors (Lipinski definition) is 7. The summed E-state index contributed by atoms with van der Waals surface area (Å²) < 4.78 is 30.3. The van der Waals surface area contributed by atoms with Gasteiger partial charge in [0.15, 0.2) is 5.82 Å². The second-order valence-electron chi connectivity index (χ2n) is 12.6. The van der Waals surface area contributed by atoms with E-state index in [1.807, 2.05) is 6.07 Å². The summed E-state index contributed by atoms with van der Waals surface area (Å²) in [6.45, 7) is 7.90. The van der Waals surface area contributed by atoms with Crippen molar-refractivity contribution >= 4 is 33.9 Å². The Bertz CT molecular complexity index is 1720. The van der Waals surface area contributed by atoms with Gasteiger partial charge in [0.1, 0.15) is 11.6 Å². The first-order valence-corrected chi connectivity index (χ1v) is 15.4. The largest absolute Gasteiger partial charge is 0.371 e. The van der Waals surface area contributed by atoms with Gasteiger partial charge >= 0.3 is 0 Å². The standard InChI is InChI=1S/C33H38F2N8O/c1-3-15-42-31(44)26-21-36-28(20-27(26)43(42)30-6-4-5-29(38-30)41-22-33(34,35)23-41)37-24-7-9-25(10-8-24)40-18-13-32(14-19-40)11-16-39(2)17-12-32/h3-10,20-21H,1,11-19,22-23H2,2H3,(H,36,37). The third kappa shape index (κ3) is 5.34. The molecule has 3 fully saturated rings. The molecule has 3 aromatic heterocycles. The lowest BCUT2D eigenvalue weighted by Gasteiger charge is -2.46. The minimum Gasteiger partial charge on any atom is -0.371 e. The summed E-state index contributed by atoms with van der Waals surface area (Å²) in [7, 11) is 2.22. The van der Waals surface area contributed by atoms with Crippen molar-refractivity contribution in [3.05, 3.63) is 77.7 Å². The Hall–Kier alpha value is -4.25. The topological polar surface area (TPSA) is 74.5 Å². The van der Waals surface area contributed by atoms with Crippen molar-refractivity contribution in [3.8, 4) is 5.82 Å². The molecule has 9 nitrogen and oxygen atoms in total. The number of nitrogens with one attached hydrogen (secondary N) is 1. The number of hydrogen-bond donors (Lipinski definition) is 1. The van der Waals surface area contributed by atoms with Crippen LogP contribution in [0.1, 0.15) is 25.7 Å². The van der Waals surface area contributed by atoms with Gasteiger partial charge in [-0.3, -0.25) is 4.79 Å². The number of likely N-dealkylation sites (tertiary alicyclic amines) is 1. The second-order valence-corrected chi connectivity index (χ2v) is 12.6. The van der Waals surface area contributed by atoms with Crippen LogP contribution in [-0.4, -0.2) is 76.5 Å². The number of aromatic nitrogens is 4. The number of rotatable bonds is 7. The fraction of sp³-hybridized carbons (Fsp3) is 0.424. The number of pyridine rings is 2. The van der Waals surface area contributed by atoms with E-state index in [1.54, 1.807) is 35.2 Å². The molecule has 44 heavy (non-hydrogen) atoms. The SMILES string of the molecule is C=CCn1c(=O)c2cnc(Nc3ccc(N4CCC5(CCN(C)CC5)CC4)cc3)cc2n1-c1cccc(N2CC(F)(F)C2)n1. The number of alkyl halides is 2. The predicted octanol–water partition coefficient (Wildman–Crippen LogP) is 5.28. The summed E-state index contributed by atoms with van der Waals surface area (Å²) in [4.78, 5) is 29.0. The maximum atomic E-state index is 13.5. The molecule has 3 aliphatic rings. The fourth-order valence-corrected chi connectivity index (χ4v) is 6.86. The number of nitrogens with zero attached hydrogens (tertiary/aromatic N) is 7. The lowest BCUT2D eigenvalue weighted by atomic mass is 9.71. The van der Waals surface area contributed by atoms with Gasteiger partial charge in [0.2, 0.25) is 0 Å². The van der Waals surface area contributed by atoms with Gasteiger partial charge in [-0.1, -0.05) is 12.1 Å². The van der Waals surface area contributed by atoms with Crippen LogP contribution in [0, 0.1) is 5.41 Å². The third-order valence-corrected chi connectivity index (χ3v) is 9.60. The molecular weight excluding hydrogens is 562 g/mol. The van der Waals surface area contributed by atoms with Crippen molar-refractivity contribution in [1.29, 1.82) is 0 Å². The van der Waals surface area contributed by atoms with Gasteiger partial charge in [-0.05, 0) is 87.6 Å². The first kappa shape index (κ1) is 28.5. The molecule has 0 unspecified atom stereocenters. The Morgan fingerprint density at radius 3 is 2.32 bits per heavy atom. The molecule has 1 aromatic carbocycles. The molecule has 3 aliphatic heterocycles. The molecule has 0 atom stereocenters. The highest BCUT2D eigenvalue weighted by molar-refractivity contribution is 5.82. The van der Waals surface area contributed by atoms with Gasteiger partial charge in [0.05, 0.1) is 30.5 Å². The van der Waals surface area contributed by atoms with Crippen LogP contribution >= 0.6 is 0 Å². The fourth-order valence-electron chi connectivity index (χ4n) is 6.86. The molecule has 1 spiro atoms. The zero-order chi connectivity index (χ0) is 30.5. The minimum absolute atomic E-state index is 0.227. The molecule has 0 aliphatic carbocycles. The van der Waals surface area contributed by atoms with Crippen LogP contribution in [0.15, 0.2) is 72.2 Å². The van der Waals surface area contributed by atoms with E-state index in [-0.39, 0.29) is 25.2 Å². The van der Waals surface area contributed by atoms with Gasteiger partial charge in [-0.25, -0.2) is 28.1 Å². The lowest BCUT2D eigenvalue weighted by Crippen LogP contribution is -2.56. The summed E-state index contributed by atoms with van der Waals surface area (Å²) in [6, 6.07) is 15.5. The Balaban J connectivity index is 1.11. The summed E-state index contributed by atoms with van der Waals surface area (Å²) in [5, 5.41) is 3.82. The van der Waals surface area contributed by atoms with Gasteiger partial charge in [0.25, 0.3) is 11.5 Å². The minimum atomic E-state index is -2.71. The van der Waals surface area contributed by atoms with Crippen molar-refractivity contribution < 1.29 is 8.78 Å².